The van der Waals surface area contributed by atoms with Crippen LogP contribution in [0, 0.1) is 6.92 Å². The summed E-state index contributed by atoms with van der Waals surface area (Å²) in [6.45, 7) is 1.87. The molecule has 0 amide bonds. The summed E-state index contributed by atoms with van der Waals surface area (Å²) >= 11 is 0. The number of rotatable bonds is 2. The van der Waals surface area contributed by atoms with Crippen molar-refractivity contribution in [2.75, 3.05) is 0 Å². The van der Waals surface area contributed by atoms with Crippen molar-refractivity contribution in [2.24, 2.45) is 0 Å². The van der Waals surface area contributed by atoms with E-state index in [9.17, 15) is 13.2 Å². The first kappa shape index (κ1) is 10.7. The summed E-state index contributed by atoms with van der Waals surface area (Å²) in [6, 6.07) is 2.57. The van der Waals surface area contributed by atoms with E-state index in [1.54, 1.807) is 13.0 Å². The van der Waals surface area contributed by atoms with Crippen molar-refractivity contribution in [3.8, 4) is 0 Å². The Labute approximate surface area is 88.7 Å². The van der Waals surface area contributed by atoms with Crippen LogP contribution in [0.2, 0.25) is 0 Å². The molecule has 0 N–H and O–H groups in total. The highest BCUT2D eigenvalue weighted by atomic mass is 19.4. The monoisotopic (exact) mass is 231 g/mol. The second kappa shape index (κ2) is 3.66. The Kier molecular flexibility index (Phi) is 2.45. The highest BCUT2D eigenvalue weighted by Gasteiger charge is 2.33. The van der Waals surface area contributed by atoms with Crippen molar-refractivity contribution >= 4 is 0 Å². The first-order chi connectivity index (χ1) is 7.45. The van der Waals surface area contributed by atoms with Crippen molar-refractivity contribution in [1.82, 2.24) is 14.9 Å². The van der Waals surface area contributed by atoms with Crippen molar-refractivity contribution in [1.29, 1.82) is 0 Å². The summed E-state index contributed by atoms with van der Waals surface area (Å²) in [5.41, 5.74) is -0.234. The lowest BCUT2D eigenvalue weighted by Gasteiger charge is -2.00. The third kappa shape index (κ3) is 2.23. The fraction of sp³-hybridized carbons (Fsp3) is 0.333. The molecule has 2 aromatic heterocycles. The quantitative estimate of drug-likeness (QED) is 0.796. The van der Waals surface area contributed by atoms with Crippen LogP contribution in [0.15, 0.2) is 22.9 Å². The molecular formula is C9H8F3N3O. The molecule has 16 heavy (non-hydrogen) atoms. The topological polar surface area (TPSA) is 43.9 Å². The Bertz CT molecular complexity index is 486. The summed E-state index contributed by atoms with van der Waals surface area (Å²) < 4.78 is 42.7. The standard InChI is InChI=1S/C9H8F3N3O/c1-6-4-7(16-14-6)5-15-3-2-8(13-15)9(10,11)12/h2-4H,5H2,1H3. The van der Waals surface area contributed by atoms with Crippen LogP contribution >= 0.6 is 0 Å². The molecule has 0 aliphatic rings. The Hall–Kier alpha value is -1.79. The molecule has 0 bridgehead atoms. The predicted molar refractivity (Wildman–Crippen MR) is 47.6 cm³/mol. The molecule has 0 fully saturated rings. The maximum Gasteiger partial charge on any atom is 0.435 e. The van der Waals surface area contributed by atoms with E-state index in [1.165, 1.54) is 6.20 Å². The molecular weight excluding hydrogens is 223 g/mol. The maximum atomic E-state index is 12.2. The average Bonchev–Trinajstić information content (AvgIpc) is 2.74. The van der Waals surface area contributed by atoms with Gasteiger partial charge in [0.05, 0.1) is 5.69 Å². The van der Waals surface area contributed by atoms with Gasteiger partial charge in [-0.2, -0.15) is 18.3 Å². The Morgan fingerprint density at radius 3 is 2.69 bits per heavy atom. The molecule has 0 saturated carbocycles. The molecule has 0 radical (unpaired) electrons. The number of aryl methyl sites for hydroxylation is 1. The summed E-state index contributed by atoms with van der Waals surface area (Å²) in [4.78, 5) is 0. The van der Waals surface area contributed by atoms with Gasteiger partial charge in [-0.15, -0.1) is 0 Å². The zero-order valence-corrected chi connectivity index (χ0v) is 8.32. The van der Waals surface area contributed by atoms with E-state index in [1.807, 2.05) is 0 Å². The van der Waals surface area contributed by atoms with Crippen LogP contribution < -0.4 is 0 Å². The van der Waals surface area contributed by atoms with Crippen molar-refractivity contribution < 1.29 is 17.7 Å². The van der Waals surface area contributed by atoms with Gasteiger partial charge in [-0.1, -0.05) is 5.16 Å². The highest BCUT2D eigenvalue weighted by Crippen LogP contribution is 2.27. The lowest BCUT2D eigenvalue weighted by molar-refractivity contribution is -0.141. The number of hydrogen-bond donors (Lipinski definition) is 0. The van der Waals surface area contributed by atoms with Gasteiger partial charge in [0.1, 0.15) is 6.54 Å². The van der Waals surface area contributed by atoms with Gasteiger partial charge in [0.25, 0.3) is 0 Å². The third-order valence-electron chi connectivity index (χ3n) is 1.93. The summed E-state index contributed by atoms with van der Waals surface area (Å²) in [5.74, 6) is 0.467. The van der Waals surface area contributed by atoms with E-state index >= 15 is 0 Å². The van der Waals surface area contributed by atoms with Crippen molar-refractivity contribution in [3.63, 3.8) is 0 Å². The second-order valence-electron chi connectivity index (χ2n) is 3.33. The molecule has 4 nitrogen and oxygen atoms in total. The molecule has 0 spiro atoms. The number of hydrogen-bond acceptors (Lipinski definition) is 3. The minimum absolute atomic E-state index is 0.136. The third-order valence-corrected chi connectivity index (χ3v) is 1.93. The minimum atomic E-state index is -4.41. The minimum Gasteiger partial charge on any atom is -0.359 e. The van der Waals surface area contributed by atoms with Gasteiger partial charge in [0.2, 0.25) is 0 Å². The van der Waals surface area contributed by atoms with Crippen molar-refractivity contribution in [2.45, 2.75) is 19.6 Å². The summed E-state index contributed by atoms with van der Waals surface area (Å²) in [6.07, 6.45) is -3.16. The molecule has 2 aromatic rings. The Morgan fingerprint density at radius 2 is 2.19 bits per heavy atom. The number of alkyl halides is 3. The molecule has 7 heteroatoms. The van der Waals surface area contributed by atoms with Crippen LogP contribution in [0.1, 0.15) is 17.1 Å². The van der Waals surface area contributed by atoms with Gasteiger partial charge in [-0.3, -0.25) is 4.68 Å². The second-order valence-corrected chi connectivity index (χ2v) is 3.33. The smallest absolute Gasteiger partial charge is 0.359 e. The molecule has 2 heterocycles. The van der Waals surface area contributed by atoms with Gasteiger partial charge >= 0.3 is 6.18 Å². The molecule has 0 unspecified atom stereocenters. The van der Waals surface area contributed by atoms with Crippen LogP contribution in [0.25, 0.3) is 0 Å². The molecule has 0 aliphatic heterocycles. The fourth-order valence-electron chi connectivity index (χ4n) is 1.25. The van der Waals surface area contributed by atoms with Gasteiger partial charge in [0.15, 0.2) is 11.5 Å². The summed E-state index contributed by atoms with van der Waals surface area (Å²) in [5, 5.41) is 7.02. The first-order valence-electron chi connectivity index (χ1n) is 4.48. The van der Waals surface area contributed by atoms with E-state index in [2.05, 4.69) is 10.3 Å². The van der Waals surface area contributed by atoms with E-state index in [0.29, 0.717) is 11.5 Å². The number of nitrogens with zero attached hydrogens (tertiary/aromatic N) is 3. The van der Waals surface area contributed by atoms with E-state index < -0.39 is 11.9 Å². The fourth-order valence-corrected chi connectivity index (χ4v) is 1.25. The normalized spacial score (nSPS) is 12.0. The van der Waals surface area contributed by atoms with Gasteiger partial charge in [0, 0.05) is 12.3 Å². The van der Waals surface area contributed by atoms with Crippen LogP contribution in [-0.2, 0) is 12.7 Å². The SMILES string of the molecule is Cc1cc(Cn2ccc(C(F)(F)F)n2)on1. The number of halogens is 3. The van der Waals surface area contributed by atoms with Gasteiger partial charge < -0.3 is 4.52 Å². The molecule has 0 saturated heterocycles. The highest BCUT2D eigenvalue weighted by molar-refractivity contribution is 5.06. The lowest BCUT2D eigenvalue weighted by atomic mass is 10.4. The number of aromatic nitrogens is 3. The Morgan fingerprint density at radius 1 is 1.44 bits per heavy atom. The van der Waals surface area contributed by atoms with Crippen LogP contribution in [0.5, 0.6) is 0 Å². The molecule has 0 aromatic carbocycles. The zero-order chi connectivity index (χ0) is 11.8. The summed E-state index contributed by atoms with van der Waals surface area (Å²) in [7, 11) is 0. The van der Waals surface area contributed by atoms with E-state index in [0.717, 1.165) is 10.7 Å². The lowest BCUT2D eigenvalue weighted by Crippen LogP contribution is -2.08. The predicted octanol–water partition coefficient (Wildman–Crippen LogP) is 2.25. The van der Waals surface area contributed by atoms with E-state index in [-0.39, 0.29) is 6.54 Å². The van der Waals surface area contributed by atoms with E-state index in [4.69, 9.17) is 4.52 Å². The van der Waals surface area contributed by atoms with Crippen LogP contribution in [-0.4, -0.2) is 14.9 Å². The molecule has 0 atom stereocenters. The Balaban J connectivity index is 2.14. The van der Waals surface area contributed by atoms with Gasteiger partial charge in [-0.05, 0) is 13.0 Å². The van der Waals surface area contributed by atoms with Crippen LogP contribution in [0.4, 0.5) is 13.2 Å². The first-order valence-corrected chi connectivity index (χ1v) is 4.48. The maximum absolute atomic E-state index is 12.2. The molecule has 2 rings (SSSR count). The van der Waals surface area contributed by atoms with Gasteiger partial charge in [-0.25, -0.2) is 0 Å². The van der Waals surface area contributed by atoms with Crippen molar-refractivity contribution in [3.05, 3.63) is 35.5 Å². The molecule has 86 valence electrons. The zero-order valence-electron chi connectivity index (χ0n) is 8.32. The average molecular weight is 231 g/mol. The largest absolute Gasteiger partial charge is 0.435 e. The van der Waals surface area contributed by atoms with Crippen LogP contribution in [0.3, 0.4) is 0 Å². The molecule has 0 aliphatic carbocycles.